The molecule has 0 aliphatic heterocycles. The van der Waals surface area contributed by atoms with Crippen LogP contribution in [0.5, 0.6) is 5.75 Å². The SMILES string of the molecule is CCNC(=O)c1ccc(NC(=O)c2cc(Br)ccc2OCCOC)cc1. The van der Waals surface area contributed by atoms with E-state index in [1.165, 1.54) is 0 Å². The Labute approximate surface area is 161 Å². The molecule has 7 heteroatoms. The number of methoxy groups -OCH3 is 1. The summed E-state index contributed by atoms with van der Waals surface area (Å²) in [4.78, 5) is 24.4. The van der Waals surface area contributed by atoms with E-state index in [9.17, 15) is 9.59 Å². The highest BCUT2D eigenvalue weighted by atomic mass is 79.9. The van der Waals surface area contributed by atoms with Crippen molar-refractivity contribution >= 4 is 33.4 Å². The van der Waals surface area contributed by atoms with E-state index in [-0.39, 0.29) is 11.8 Å². The van der Waals surface area contributed by atoms with Crippen LogP contribution in [-0.2, 0) is 4.74 Å². The van der Waals surface area contributed by atoms with Crippen molar-refractivity contribution < 1.29 is 19.1 Å². The summed E-state index contributed by atoms with van der Waals surface area (Å²) in [6.07, 6.45) is 0. The topological polar surface area (TPSA) is 76.7 Å². The molecule has 2 rings (SSSR count). The second kappa shape index (κ2) is 9.94. The normalized spacial score (nSPS) is 10.3. The molecule has 0 aliphatic carbocycles. The molecule has 0 saturated heterocycles. The van der Waals surface area contributed by atoms with E-state index in [1.807, 2.05) is 6.92 Å². The van der Waals surface area contributed by atoms with Crippen LogP contribution in [0, 0.1) is 0 Å². The first kappa shape index (κ1) is 19.9. The predicted octanol–water partition coefficient (Wildman–Crippen LogP) is 3.48. The first-order chi connectivity index (χ1) is 12.5. The summed E-state index contributed by atoms with van der Waals surface area (Å²) in [5.41, 5.74) is 1.53. The second-order valence-electron chi connectivity index (χ2n) is 5.37. The summed E-state index contributed by atoms with van der Waals surface area (Å²) in [5.74, 6) is 0.0253. The molecule has 0 aromatic heterocycles. The Hall–Kier alpha value is -2.38. The Balaban J connectivity index is 2.11. The molecule has 2 aromatic rings. The van der Waals surface area contributed by atoms with Gasteiger partial charge >= 0.3 is 0 Å². The minimum atomic E-state index is -0.301. The van der Waals surface area contributed by atoms with E-state index in [2.05, 4.69) is 26.6 Å². The van der Waals surface area contributed by atoms with Crippen molar-refractivity contribution in [2.24, 2.45) is 0 Å². The van der Waals surface area contributed by atoms with E-state index in [0.717, 1.165) is 4.47 Å². The van der Waals surface area contributed by atoms with Crippen LogP contribution < -0.4 is 15.4 Å². The molecule has 6 nitrogen and oxygen atoms in total. The molecule has 0 radical (unpaired) electrons. The Morgan fingerprint density at radius 3 is 2.42 bits per heavy atom. The van der Waals surface area contributed by atoms with Crippen LogP contribution in [0.2, 0.25) is 0 Å². The molecule has 2 N–H and O–H groups in total. The summed E-state index contributed by atoms with van der Waals surface area (Å²) in [6, 6.07) is 11.9. The lowest BCUT2D eigenvalue weighted by Gasteiger charge is -2.12. The van der Waals surface area contributed by atoms with Gasteiger partial charge in [-0.3, -0.25) is 9.59 Å². The van der Waals surface area contributed by atoms with E-state index < -0.39 is 0 Å². The van der Waals surface area contributed by atoms with Gasteiger partial charge in [-0.05, 0) is 49.4 Å². The number of hydrogen-bond acceptors (Lipinski definition) is 4. The highest BCUT2D eigenvalue weighted by molar-refractivity contribution is 9.10. The van der Waals surface area contributed by atoms with Gasteiger partial charge in [0.05, 0.1) is 12.2 Å². The largest absolute Gasteiger partial charge is 0.490 e. The molecule has 0 bridgehead atoms. The number of rotatable bonds is 8. The quantitative estimate of drug-likeness (QED) is 0.640. The predicted molar refractivity (Wildman–Crippen MR) is 104 cm³/mol. The summed E-state index contributed by atoms with van der Waals surface area (Å²) in [6.45, 7) is 3.20. The van der Waals surface area contributed by atoms with Crippen molar-refractivity contribution in [3.05, 3.63) is 58.1 Å². The van der Waals surface area contributed by atoms with E-state index in [0.29, 0.717) is 42.3 Å². The second-order valence-corrected chi connectivity index (χ2v) is 6.29. The molecule has 0 unspecified atom stereocenters. The first-order valence-electron chi connectivity index (χ1n) is 8.16. The molecule has 0 saturated carbocycles. The van der Waals surface area contributed by atoms with Crippen LogP contribution in [0.1, 0.15) is 27.6 Å². The van der Waals surface area contributed by atoms with Gasteiger partial charge in [0.25, 0.3) is 11.8 Å². The number of benzene rings is 2. The third-order valence-electron chi connectivity index (χ3n) is 3.47. The molecule has 26 heavy (non-hydrogen) atoms. The van der Waals surface area contributed by atoms with Crippen molar-refractivity contribution in [2.75, 3.05) is 32.2 Å². The molecule has 0 spiro atoms. The van der Waals surface area contributed by atoms with Crippen LogP contribution in [0.3, 0.4) is 0 Å². The van der Waals surface area contributed by atoms with Gasteiger partial charge in [0.15, 0.2) is 0 Å². The van der Waals surface area contributed by atoms with Gasteiger partial charge in [0.1, 0.15) is 12.4 Å². The zero-order chi connectivity index (χ0) is 18.9. The van der Waals surface area contributed by atoms with E-state index in [4.69, 9.17) is 9.47 Å². The smallest absolute Gasteiger partial charge is 0.259 e. The van der Waals surface area contributed by atoms with Crippen molar-refractivity contribution in [3.63, 3.8) is 0 Å². The molecule has 138 valence electrons. The minimum absolute atomic E-state index is 0.147. The Kier molecular flexibility index (Phi) is 7.62. The van der Waals surface area contributed by atoms with Crippen LogP contribution in [0.25, 0.3) is 0 Å². The fourth-order valence-electron chi connectivity index (χ4n) is 2.21. The molecule has 0 atom stereocenters. The number of hydrogen-bond donors (Lipinski definition) is 2. The van der Waals surface area contributed by atoms with E-state index in [1.54, 1.807) is 49.6 Å². The van der Waals surface area contributed by atoms with Gasteiger partial charge in [-0.15, -0.1) is 0 Å². The van der Waals surface area contributed by atoms with Gasteiger partial charge in [0, 0.05) is 29.4 Å². The third-order valence-corrected chi connectivity index (χ3v) is 3.97. The number of nitrogens with one attached hydrogen (secondary N) is 2. The Bertz CT molecular complexity index is 763. The van der Waals surface area contributed by atoms with Crippen molar-refractivity contribution in [1.82, 2.24) is 5.32 Å². The van der Waals surface area contributed by atoms with Crippen molar-refractivity contribution in [3.8, 4) is 5.75 Å². The van der Waals surface area contributed by atoms with Crippen LogP contribution in [0.15, 0.2) is 46.9 Å². The average molecular weight is 421 g/mol. The first-order valence-corrected chi connectivity index (χ1v) is 8.95. The standard InChI is InChI=1S/C19H21BrN2O4/c1-3-21-18(23)13-4-7-15(8-5-13)22-19(24)16-12-14(20)6-9-17(16)26-11-10-25-2/h4-9,12H,3,10-11H2,1-2H3,(H,21,23)(H,22,24). The van der Waals surface area contributed by atoms with Crippen molar-refractivity contribution in [2.45, 2.75) is 6.92 Å². The summed E-state index contributed by atoms with van der Waals surface area (Å²) < 4.78 is 11.3. The molecule has 2 aromatic carbocycles. The maximum absolute atomic E-state index is 12.6. The maximum Gasteiger partial charge on any atom is 0.259 e. The highest BCUT2D eigenvalue weighted by Crippen LogP contribution is 2.24. The molecular weight excluding hydrogens is 400 g/mol. The van der Waals surface area contributed by atoms with Crippen LogP contribution in [-0.4, -0.2) is 38.7 Å². The van der Waals surface area contributed by atoms with Crippen LogP contribution >= 0.6 is 15.9 Å². The Morgan fingerprint density at radius 2 is 1.77 bits per heavy atom. The fourth-order valence-corrected chi connectivity index (χ4v) is 2.57. The molecule has 0 fully saturated rings. The zero-order valence-electron chi connectivity index (χ0n) is 14.7. The summed E-state index contributed by atoms with van der Waals surface area (Å²) >= 11 is 3.37. The van der Waals surface area contributed by atoms with E-state index >= 15 is 0 Å². The third kappa shape index (κ3) is 5.57. The number of amides is 2. The zero-order valence-corrected chi connectivity index (χ0v) is 16.3. The molecule has 0 heterocycles. The van der Waals surface area contributed by atoms with Gasteiger partial charge in [-0.25, -0.2) is 0 Å². The lowest BCUT2D eigenvalue weighted by Crippen LogP contribution is -2.22. The number of carbonyl (C=O) groups excluding carboxylic acids is 2. The summed E-state index contributed by atoms with van der Waals surface area (Å²) in [7, 11) is 1.59. The van der Waals surface area contributed by atoms with Crippen molar-refractivity contribution in [1.29, 1.82) is 0 Å². The monoisotopic (exact) mass is 420 g/mol. The number of ether oxygens (including phenoxy) is 2. The minimum Gasteiger partial charge on any atom is -0.490 e. The summed E-state index contributed by atoms with van der Waals surface area (Å²) in [5, 5.41) is 5.54. The number of anilines is 1. The molecule has 2 amide bonds. The van der Waals surface area contributed by atoms with Gasteiger partial charge < -0.3 is 20.1 Å². The van der Waals surface area contributed by atoms with Gasteiger partial charge in [-0.1, -0.05) is 15.9 Å². The fraction of sp³-hybridized carbons (Fsp3) is 0.263. The average Bonchev–Trinajstić information content (AvgIpc) is 2.64. The number of halogens is 1. The lowest BCUT2D eigenvalue weighted by molar-refractivity contribution is 0.0955. The molecule has 0 aliphatic rings. The maximum atomic E-state index is 12.6. The van der Waals surface area contributed by atoms with Gasteiger partial charge in [0.2, 0.25) is 0 Å². The van der Waals surface area contributed by atoms with Crippen LogP contribution in [0.4, 0.5) is 5.69 Å². The van der Waals surface area contributed by atoms with Gasteiger partial charge in [-0.2, -0.15) is 0 Å². The lowest BCUT2D eigenvalue weighted by atomic mass is 10.1. The highest BCUT2D eigenvalue weighted by Gasteiger charge is 2.14. The molecular formula is C19H21BrN2O4. The Morgan fingerprint density at radius 1 is 1.04 bits per heavy atom. The number of carbonyl (C=O) groups is 2.